The number of likely N-dealkylation sites (tertiary alicyclic amines) is 1. The Bertz CT molecular complexity index is 989. The SMILES string of the molecule is O=c1[nH]c2cccc(CN3CCC[C@H](C4CNc5ccccc54)C3)c2[nH]1. The van der Waals surface area contributed by atoms with Gasteiger partial charge in [-0.2, -0.15) is 0 Å². The minimum Gasteiger partial charge on any atom is -0.384 e. The number of aromatic nitrogens is 2. The smallest absolute Gasteiger partial charge is 0.323 e. The van der Waals surface area contributed by atoms with Crippen LogP contribution in [-0.4, -0.2) is 34.5 Å². The predicted molar refractivity (Wildman–Crippen MR) is 105 cm³/mol. The zero-order valence-corrected chi connectivity index (χ0v) is 14.8. The summed E-state index contributed by atoms with van der Waals surface area (Å²) >= 11 is 0. The molecule has 0 amide bonds. The number of benzene rings is 2. The molecule has 3 heterocycles. The Morgan fingerprint density at radius 1 is 1.08 bits per heavy atom. The summed E-state index contributed by atoms with van der Waals surface area (Å²) in [4.78, 5) is 20.0. The number of nitrogens with one attached hydrogen (secondary N) is 3. The molecule has 5 rings (SSSR count). The molecule has 3 aromatic rings. The molecule has 0 spiro atoms. The van der Waals surface area contributed by atoms with Gasteiger partial charge in [0.2, 0.25) is 0 Å². The van der Waals surface area contributed by atoms with Crippen LogP contribution in [0.15, 0.2) is 47.3 Å². The van der Waals surface area contributed by atoms with Crippen LogP contribution in [0.25, 0.3) is 11.0 Å². The van der Waals surface area contributed by atoms with Crippen LogP contribution in [0.1, 0.15) is 29.9 Å². The maximum Gasteiger partial charge on any atom is 0.323 e. The third-order valence-electron chi connectivity index (χ3n) is 6.02. The monoisotopic (exact) mass is 348 g/mol. The second-order valence-electron chi connectivity index (χ2n) is 7.63. The van der Waals surface area contributed by atoms with E-state index in [1.165, 1.54) is 29.7 Å². The summed E-state index contributed by atoms with van der Waals surface area (Å²) < 4.78 is 0. The first-order valence-corrected chi connectivity index (χ1v) is 9.53. The van der Waals surface area contributed by atoms with Gasteiger partial charge in [-0.1, -0.05) is 30.3 Å². The lowest BCUT2D eigenvalue weighted by molar-refractivity contribution is 0.154. The van der Waals surface area contributed by atoms with Crippen molar-refractivity contribution in [3.63, 3.8) is 0 Å². The predicted octanol–water partition coefficient (Wildman–Crippen LogP) is 3.28. The highest BCUT2D eigenvalue weighted by Crippen LogP contribution is 2.39. The number of hydrogen-bond donors (Lipinski definition) is 3. The van der Waals surface area contributed by atoms with Crippen molar-refractivity contribution in [1.82, 2.24) is 14.9 Å². The quantitative estimate of drug-likeness (QED) is 0.681. The average molecular weight is 348 g/mol. The fraction of sp³-hybridized carbons (Fsp3) is 0.381. The molecule has 5 nitrogen and oxygen atoms in total. The third-order valence-corrected chi connectivity index (χ3v) is 6.02. The summed E-state index contributed by atoms with van der Waals surface area (Å²) in [6.07, 6.45) is 2.53. The fourth-order valence-electron chi connectivity index (χ4n) is 4.79. The second kappa shape index (κ2) is 6.32. The Hall–Kier alpha value is -2.53. The largest absolute Gasteiger partial charge is 0.384 e. The number of para-hydroxylation sites is 2. The van der Waals surface area contributed by atoms with E-state index in [1.807, 2.05) is 12.1 Å². The molecule has 2 aliphatic rings. The van der Waals surface area contributed by atoms with Gasteiger partial charge in [-0.3, -0.25) is 4.90 Å². The van der Waals surface area contributed by atoms with E-state index >= 15 is 0 Å². The lowest BCUT2D eigenvalue weighted by Crippen LogP contribution is -2.37. The van der Waals surface area contributed by atoms with E-state index in [-0.39, 0.29) is 5.69 Å². The highest BCUT2D eigenvalue weighted by Gasteiger charge is 2.32. The maximum atomic E-state index is 11.6. The van der Waals surface area contributed by atoms with Gasteiger partial charge in [0.1, 0.15) is 0 Å². The molecule has 1 aromatic heterocycles. The zero-order chi connectivity index (χ0) is 17.5. The summed E-state index contributed by atoms with van der Waals surface area (Å²) in [6.45, 7) is 4.19. The molecule has 0 saturated carbocycles. The van der Waals surface area contributed by atoms with Gasteiger partial charge in [0.25, 0.3) is 0 Å². The molecule has 1 unspecified atom stereocenters. The Kier molecular flexibility index (Phi) is 3.82. The minimum absolute atomic E-state index is 0.127. The van der Waals surface area contributed by atoms with Crippen molar-refractivity contribution in [3.05, 3.63) is 64.1 Å². The first-order valence-electron chi connectivity index (χ1n) is 9.53. The molecule has 26 heavy (non-hydrogen) atoms. The van der Waals surface area contributed by atoms with Gasteiger partial charge in [0.05, 0.1) is 11.0 Å². The van der Waals surface area contributed by atoms with Gasteiger partial charge in [-0.05, 0) is 48.6 Å². The first kappa shape index (κ1) is 15.7. The average Bonchev–Trinajstić information content (AvgIpc) is 3.25. The number of piperidine rings is 1. The van der Waals surface area contributed by atoms with E-state index in [2.05, 4.69) is 50.5 Å². The Morgan fingerprint density at radius 3 is 2.96 bits per heavy atom. The normalized spacial score (nSPS) is 23.1. The molecule has 0 aliphatic carbocycles. The van der Waals surface area contributed by atoms with Crippen molar-refractivity contribution < 1.29 is 0 Å². The van der Waals surface area contributed by atoms with Crippen LogP contribution in [0.3, 0.4) is 0 Å². The van der Waals surface area contributed by atoms with Crippen LogP contribution in [-0.2, 0) is 6.54 Å². The number of imidazole rings is 1. The van der Waals surface area contributed by atoms with Crippen molar-refractivity contribution in [2.45, 2.75) is 25.3 Å². The van der Waals surface area contributed by atoms with Crippen LogP contribution < -0.4 is 11.0 Å². The summed E-state index contributed by atoms with van der Waals surface area (Å²) in [5.41, 5.74) is 5.72. The third kappa shape index (κ3) is 2.72. The minimum atomic E-state index is -0.127. The first-order chi connectivity index (χ1) is 12.8. The van der Waals surface area contributed by atoms with Gasteiger partial charge in [0, 0.05) is 31.2 Å². The standard InChI is InChI=1S/C21H24N4O/c26-21-23-19-9-3-5-15(20(19)24-21)13-25-10-4-6-14(12-25)17-11-22-18-8-2-1-7-16(17)18/h1-3,5,7-9,14,17,22H,4,6,10-13H2,(H2,23,24,26)/t14-,17?/m0/s1. The zero-order valence-electron chi connectivity index (χ0n) is 14.8. The molecule has 2 aliphatic heterocycles. The van der Waals surface area contributed by atoms with E-state index in [9.17, 15) is 4.79 Å². The number of H-pyrrole nitrogens is 2. The Morgan fingerprint density at radius 2 is 2.00 bits per heavy atom. The van der Waals surface area contributed by atoms with Crippen LogP contribution >= 0.6 is 0 Å². The van der Waals surface area contributed by atoms with Gasteiger partial charge in [-0.15, -0.1) is 0 Å². The van der Waals surface area contributed by atoms with E-state index < -0.39 is 0 Å². The highest BCUT2D eigenvalue weighted by molar-refractivity contribution is 5.78. The molecule has 134 valence electrons. The van der Waals surface area contributed by atoms with Crippen molar-refractivity contribution in [2.75, 3.05) is 25.0 Å². The molecule has 1 saturated heterocycles. The Balaban J connectivity index is 1.36. The lowest BCUT2D eigenvalue weighted by atomic mass is 9.82. The number of fused-ring (bicyclic) bond motifs is 2. The number of anilines is 1. The van der Waals surface area contributed by atoms with Crippen molar-refractivity contribution in [1.29, 1.82) is 0 Å². The Labute approximate surface area is 152 Å². The van der Waals surface area contributed by atoms with Crippen LogP contribution in [0.4, 0.5) is 5.69 Å². The van der Waals surface area contributed by atoms with E-state index in [4.69, 9.17) is 0 Å². The number of rotatable bonds is 3. The van der Waals surface area contributed by atoms with Gasteiger partial charge in [0.15, 0.2) is 0 Å². The van der Waals surface area contributed by atoms with Gasteiger partial charge < -0.3 is 15.3 Å². The summed E-state index contributed by atoms with van der Waals surface area (Å²) in [7, 11) is 0. The lowest BCUT2D eigenvalue weighted by Gasteiger charge is -2.36. The molecule has 2 aromatic carbocycles. The molecular formula is C21H24N4O. The van der Waals surface area contributed by atoms with Crippen molar-refractivity contribution in [2.24, 2.45) is 5.92 Å². The summed E-state index contributed by atoms with van der Waals surface area (Å²) in [5.74, 6) is 1.29. The maximum absolute atomic E-state index is 11.6. The fourth-order valence-corrected chi connectivity index (χ4v) is 4.79. The van der Waals surface area contributed by atoms with E-state index in [0.29, 0.717) is 11.8 Å². The number of aromatic amines is 2. The van der Waals surface area contributed by atoms with E-state index in [1.54, 1.807) is 0 Å². The van der Waals surface area contributed by atoms with Crippen LogP contribution in [0, 0.1) is 5.92 Å². The molecular weight excluding hydrogens is 324 g/mol. The topological polar surface area (TPSA) is 63.9 Å². The van der Waals surface area contributed by atoms with Gasteiger partial charge in [-0.25, -0.2) is 4.79 Å². The molecule has 2 atom stereocenters. The molecule has 0 bridgehead atoms. The molecule has 3 N–H and O–H groups in total. The number of nitrogens with zero attached hydrogens (tertiary/aromatic N) is 1. The molecule has 5 heteroatoms. The molecule has 1 fully saturated rings. The van der Waals surface area contributed by atoms with Crippen molar-refractivity contribution >= 4 is 16.7 Å². The summed E-state index contributed by atoms with van der Waals surface area (Å²) in [6, 6.07) is 14.9. The summed E-state index contributed by atoms with van der Waals surface area (Å²) in [5, 5.41) is 3.58. The van der Waals surface area contributed by atoms with Gasteiger partial charge >= 0.3 is 5.69 Å². The van der Waals surface area contributed by atoms with Crippen molar-refractivity contribution in [3.8, 4) is 0 Å². The van der Waals surface area contributed by atoms with Crippen LogP contribution in [0.5, 0.6) is 0 Å². The number of hydrogen-bond acceptors (Lipinski definition) is 3. The molecule has 0 radical (unpaired) electrons. The highest BCUT2D eigenvalue weighted by atomic mass is 16.1. The van der Waals surface area contributed by atoms with Crippen LogP contribution in [0.2, 0.25) is 0 Å². The second-order valence-corrected chi connectivity index (χ2v) is 7.63. The van der Waals surface area contributed by atoms with E-state index in [0.717, 1.165) is 37.2 Å².